The van der Waals surface area contributed by atoms with Gasteiger partial charge >= 0.3 is 0 Å². The van der Waals surface area contributed by atoms with E-state index in [1.54, 1.807) is 0 Å². The van der Waals surface area contributed by atoms with Gasteiger partial charge in [0.2, 0.25) is 0 Å². The maximum Gasteiger partial charge on any atom is 0.119 e. The van der Waals surface area contributed by atoms with Gasteiger partial charge in [0.15, 0.2) is 0 Å². The van der Waals surface area contributed by atoms with Gasteiger partial charge in [0.25, 0.3) is 0 Å². The van der Waals surface area contributed by atoms with E-state index in [9.17, 15) is 0 Å². The van der Waals surface area contributed by atoms with Crippen LogP contribution in [0.4, 0.5) is 0 Å². The quantitative estimate of drug-likeness (QED) is 0.673. The Bertz CT molecular complexity index is 201. The van der Waals surface area contributed by atoms with Crippen LogP contribution >= 0.6 is 0 Å². The molecule has 0 aromatic rings. The van der Waals surface area contributed by atoms with E-state index < -0.39 is 0 Å². The first-order chi connectivity index (χ1) is 7.20. The van der Waals surface area contributed by atoms with Gasteiger partial charge in [0.1, 0.15) is 12.5 Å². The fraction of sp³-hybridized carbons (Fsp3) is 0.917. The molecule has 0 aromatic heterocycles. The summed E-state index contributed by atoms with van der Waals surface area (Å²) in [6.07, 6.45) is 7.43. The average Bonchev–Trinajstić information content (AvgIpc) is 2.59. The number of hydrogen-bond acceptors (Lipinski definition) is 3. The normalized spacial score (nSPS) is 20.7. The Morgan fingerprint density at radius 2 is 2.00 bits per heavy atom. The fourth-order valence-electron chi connectivity index (χ4n) is 1.99. The molecule has 88 valence electrons. The van der Waals surface area contributed by atoms with E-state index in [1.165, 1.54) is 25.7 Å². The monoisotopic (exact) mass is 211 g/mol. The predicted molar refractivity (Wildman–Crippen MR) is 65.8 cm³/mol. The lowest BCUT2D eigenvalue weighted by atomic mass is 10.2. The molecule has 1 rings (SSSR count). The van der Waals surface area contributed by atoms with Crippen molar-refractivity contribution in [2.45, 2.75) is 65.6 Å². The molecule has 1 atom stereocenters. The Kier molecular flexibility index (Phi) is 4.92. The van der Waals surface area contributed by atoms with Crippen LogP contribution in [-0.4, -0.2) is 35.0 Å². The molecule has 1 heterocycles. The molecule has 1 aliphatic rings. The van der Waals surface area contributed by atoms with Crippen molar-refractivity contribution in [3.8, 4) is 0 Å². The maximum absolute atomic E-state index is 4.51. The lowest BCUT2D eigenvalue weighted by Crippen LogP contribution is -2.43. The summed E-state index contributed by atoms with van der Waals surface area (Å²) in [5.74, 6) is 0. The molecule has 3 nitrogen and oxygen atoms in total. The van der Waals surface area contributed by atoms with Gasteiger partial charge in [0.05, 0.1) is 0 Å². The lowest BCUT2D eigenvalue weighted by Gasteiger charge is -2.32. The zero-order chi connectivity index (χ0) is 11.3. The van der Waals surface area contributed by atoms with Crippen molar-refractivity contribution < 1.29 is 0 Å². The van der Waals surface area contributed by atoms with Gasteiger partial charge in [-0.2, -0.15) is 5.10 Å². The van der Waals surface area contributed by atoms with Gasteiger partial charge in [-0.1, -0.05) is 26.7 Å². The van der Waals surface area contributed by atoms with Crippen molar-refractivity contribution in [1.29, 1.82) is 0 Å². The van der Waals surface area contributed by atoms with Crippen LogP contribution in [0.25, 0.3) is 0 Å². The first kappa shape index (κ1) is 12.3. The molecule has 0 aromatic carbocycles. The van der Waals surface area contributed by atoms with E-state index >= 15 is 0 Å². The largest absolute Gasteiger partial charge is 0.337 e. The third-order valence-electron chi connectivity index (χ3n) is 2.91. The van der Waals surface area contributed by atoms with E-state index in [1.807, 2.05) is 6.34 Å². The highest BCUT2D eigenvalue weighted by Crippen LogP contribution is 2.20. The highest BCUT2D eigenvalue weighted by atomic mass is 15.6. The second kappa shape index (κ2) is 5.99. The zero-order valence-electron chi connectivity index (χ0n) is 10.6. The summed E-state index contributed by atoms with van der Waals surface area (Å²) >= 11 is 0. The summed E-state index contributed by atoms with van der Waals surface area (Å²) in [6.45, 7) is 10.0. The molecule has 0 N–H and O–H groups in total. The summed E-state index contributed by atoms with van der Waals surface area (Å²) in [4.78, 5) is 2.37. The molecule has 0 bridgehead atoms. The second-order valence-electron chi connectivity index (χ2n) is 4.56. The second-order valence-corrected chi connectivity index (χ2v) is 4.56. The molecule has 1 aliphatic heterocycles. The minimum atomic E-state index is 0.501. The van der Waals surface area contributed by atoms with Crippen LogP contribution in [0.3, 0.4) is 0 Å². The van der Waals surface area contributed by atoms with E-state index in [-0.39, 0.29) is 0 Å². The van der Waals surface area contributed by atoms with Crippen LogP contribution < -0.4 is 0 Å². The van der Waals surface area contributed by atoms with Gasteiger partial charge in [-0.3, -0.25) is 5.01 Å². The molecule has 0 saturated carbocycles. The van der Waals surface area contributed by atoms with Crippen molar-refractivity contribution in [3.63, 3.8) is 0 Å². The summed E-state index contributed by atoms with van der Waals surface area (Å²) < 4.78 is 0. The van der Waals surface area contributed by atoms with Crippen molar-refractivity contribution in [2.24, 2.45) is 5.10 Å². The summed E-state index contributed by atoms with van der Waals surface area (Å²) in [6, 6.07) is 0.553. The molecule has 0 radical (unpaired) electrons. The average molecular weight is 211 g/mol. The molecule has 15 heavy (non-hydrogen) atoms. The molecular weight excluding hydrogens is 186 g/mol. The Morgan fingerprint density at radius 1 is 1.27 bits per heavy atom. The molecule has 0 fully saturated rings. The third kappa shape index (κ3) is 3.11. The SMILES string of the molecule is CCCCN1N=CN(C(C)C)C1CCC. The predicted octanol–water partition coefficient (Wildman–Crippen LogP) is 2.88. The molecule has 0 spiro atoms. The number of unbranched alkanes of at least 4 members (excludes halogenated alkanes) is 1. The minimum absolute atomic E-state index is 0.501. The standard InChI is InChI=1S/C12H25N3/c1-5-7-9-15-12(8-6-2)14(10-13-15)11(3)4/h10-12H,5-9H2,1-4H3. The van der Waals surface area contributed by atoms with Crippen LogP contribution in [-0.2, 0) is 0 Å². The third-order valence-corrected chi connectivity index (χ3v) is 2.91. The Labute approximate surface area is 94.1 Å². The fourth-order valence-corrected chi connectivity index (χ4v) is 1.99. The van der Waals surface area contributed by atoms with E-state index in [0.29, 0.717) is 12.2 Å². The highest BCUT2D eigenvalue weighted by molar-refractivity contribution is 5.57. The van der Waals surface area contributed by atoms with Crippen molar-refractivity contribution >= 4 is 6.34 Å². The van der Waals surface area contributed by atoms with Crippen LogP contribution in [0, 0.1) is 0 Å². The van der Waals surface area contributed by atoms with E-state index in [0.717, 1.165) is 6.54 Å². The minimum Gasteiger partial charge on any atom is -0.337 e. The zero-order valence-corrected chi connectivity index (χ0v) is 10.6. The van der Waals surface area contributed by atoms with Crippen LogP contribution in [0.15, 0.2) is 5.10 Å². The van der Waals surface area contributed by atoms with E-state index in [2.05, 4.69) is 42.7 Å². The first-order valence-corrected chi connectivity index (χ1v) is 6.28. The lowest BCUT2D eigenvalue weighted by molar-refractivity contribution is 0.102. The number of hydrazone groups is 1. The number of hydrogen-bond donors (Lipinski definition) is 0. The molecule has 3 heteroatoms. The van der Waals surface area contributed by atoms with Crippen molar-refractivity contribution in [3.05, 3.63) is 0 Å². The van der Waals surface area contributed by atoms with Gasteiger partial charge in [-0.15, -0.1) is 0 Å². The highest BCUT2D eigenvalue weighted by Gasteiger charge is 2.27. The van der Waals surface area contributed by atoms with Crippen LogP contribution in [0.1, 0.15) is 53.4 Å². The van der Waals surface area contributed by atoms with Gasteiger partial charge in [-0.25, -0.2) is 0 Å². The number of nitrogens with zero attached hydrogens (tertiary/aromatic N) is 3. The maximum atomic E-state index is 4.51. The smallest absolute Gasteiger partial charge is 0.119 e. The topological polar surface area (TPSA) is 18.8 Å². The van der Waals surface area contributed by atoms with Crippen molar-refractivity contribution in [2.75, 3.05) is 6.54 Å². The molecule has 0 amide bonds. The number of rotatable bonds is 6. The van der Waals surface area contributed by atoms with Gasteiger partial charge < -0.3 is 4.90 Å². The molecule has 1 unspecified atom stereocenters. The molecule has 0 aliphatic carbocycles. The Balaban J connectivity index is 2.54. The molecular formula is C12H25N3. The Morgan fingerprint density at radius 3 is 2.53 bits per heavy atom. The summed E-state index contributed by atoms with van der Waals surface area (Å²) in [7, 11) is 0. The molecule has 0 saturated heterocycles. The first-order valence-electron chi connectivity index (χ1n) is 6.28. The van der Waals surface area contributed by atoms with Gasteiger partial charge in [0, 0.05) is 12.6 Å². The van der Waals surface area contributed by atoms with Crippen molar-refractivity contribution in [1.82, 2.24) is 9.91 Å². The summed E-state index contributed by atoms with van der Waals surface area (Å²) in [5, 5.41) is 6.77. The van der Waals surface area contributed by atoms with Gasteiger partial charge in [-0.05, 0) is 26.7 Å². The Hall–Kier alpha value is -0.730. The van der Waals surface area contributed by atoms with Crippen LogP contribution in [0.5, 0.6) is 0 Å². The summed E-state index contributed by atoms with van der Waals surface area (Å²) in [5.41, 5.74) is 0. The van der Waals surface area contributed by atoms with Crippen LogP contribution in [0.2, 0.25) is 0 Å². The van der Waals surface area contributed by atoms with E-state index in [4.69, 9.17) is 0 Å².